The molecule has 0 bridgehead atoms. The molecule has 1 saturated carbocycles. The zero-order valence-electron chi connectivity index (χ0n) is 15.7. The molecule has 2 fully saturated rings. The van der Waals surface area contributed by atoms with Crippen molar-refractivity contribution >= 4 is 11.7 Å². The van der Waals surface area contributed by atoms with Gasteiger partial charge in [0.05, 0.1) is 36.7 Å². The Bertz CT molecular complexity index is 703. The predicted octanol–water partition coefficient (Wildman–Crippen LogP) is 1.20. The van der Waals surface area contributed by atoms with Crippen LogP contribution in [-0.4, -0.2) is 70.3 Å². The van der Waals surface area contributed by atoms with E-state index in [2.05, 4.69) is 4.98 Å². The molecule has 7 heteroatoms. The molecule has 1 spiro atoms. The molecule has 1 aliphatic carbocycles. The molecule has 1 aliphatic heterocycles. The van der Waals surface area contributed by atoms with E-state index in [1.54, 1.807) is 11.8 Å². The number of Topliss-reactive ketones (excluding diaryl/α,β-unsaturated/α-hetero) is 1. The summed E-state index contributed by atoms with van der Waals surface area (Å²) in [5.41, 5.74) is 2.18. The van der Waals surface area contributed by atoms with Gasteiger partial charge in [-0.2, -0.15) is 0 Å². The minimum atomic E-state index is -0.413. The van der Waals surface area contributed by atoms with Gasteiger partial charge in [-0.25, -0.2) is 0 Å². The highest BCUT2D eigenvalue weighted by Crippen LogP contribution is 2.51. The van der Waals surface area contributed by atoms with Crippen molar-refractivity contribution in [2.24, 2.45) is 5.41 Å². The van der Waals surface area contributed by atoms with Crippen molar-refractivity contribution < 1.29 is 24.5 Å². The van der Waals surface area contributed by atoms with E-state index in [4.69, 9.17) is 9.84 Å². The topological polar surface area (TPSA) is 103 Å². The summed E-state index contributed by atoms with van der Waals surface area (Å²) < 4.78 is 5.68. The third-order valence-corrected chi connectivity index (χ3v) is 6.14. The fourth-order valence-electron chi connectivity index (χ4n) is 4.52. The minimum Gasteiger partial charge on any atom is -0.394 e. The second kappa shape index (κ2) is 7.13. The molecule has 26 heavy (non-hydrogen) atoms. The van der Waals surface area contributed by atoms with Crippen LogP contribution in [0.1, 0.15) is 58.3 Å². The fraction of sp³-hybridized carbons (Fsp3) is 0.684. The predicted molar refractivity (Wildman–Crippen MR) is 95.3 cm³/mol. The summed E-state index contributed by atoms with van der Waals surface area (Å²) in [4.78, 5) is 29.5. The van der Waals surface area contributed by atoms with Gasteiger partial charge in [0.1, 0.15) is 0 Å². The van der Waals surface area contributed by atoms with Crippen LogP contribution in [0.25, 0.3) is 0 Å². The van der Waals surface area contributed by atoms with Crippen LogP contribution in [0, 0.1) is 19.3 Å². The number of aliphatic hydroxyl groups excluding tert-OH is 2. The van der Waals surface area contributed by atoms with Gasteiger partial charge in [-0.05, 0) is 32.3 Å². The fourth-order valence-corrected chi connectivity index (χ4v) is 4.52. The summed E-state index contributed by atoms with van der Waals surface area (Å²) in [5, 5.41) is 19.3. The number of aliphatic hydroxyl groups is 2. The molecular weight excluding hydrogens is 336 g/mol. The number of hydrogen-bond acceptors (Lipinski definition) is 5. The highest BCUT2D eigenvalue weighted by molar-refractivity contribution is 6.02. The molecule has 3 rings (SSSR count). The monoisotopic (exact) mass is 364 g/mol. The number of nitrogens with zero attached hydrogens (tertiary/aromatic N) is 1. The van der Waals surface area contributed by atoms with Crippen molar-refractivity contribution in [2.45, 2.75) is 52.2 Å². The van der Waals surface area contributed by atoms with Crippen molar-refractivity contribution in [2.75, 3.05) is 26.3 Å². The highest BCUT2D eigenvalue weighted by Gasteiger charge is 2.56. The molecule has 0 aromatic carbocycles. The molecule has 0 unspecified atom stereocenters. The maximum absolute atomic E-state index is 13.0. The number of carbonyl (C=O) groups excluding carboxylic acids is 2. The standard InChI is InChI=1S/C19H28N2O5/c1-11-16(12(2)20-17(11)13(3)23)18(25)21-6-4-19(5-7-21)14(24)10-15(19)26-9-8-22/h14-15,20,22,24H,4-10H2,1-3H3/t14-,15+/m0/s1. The third kappa shape index (κ3) is 2.98. The largest absolute Gasteiger partial charge is 0.394 e. The van der Waals surface area contributed by atoms with E-state index >= 15 is 0 Å². The van der Waals surface area contributed by atoms with Crippen LogP contribution in [0.5, 0.6) is 0 Å². The molecule has 1 aromatic heterocycles. The summed E-state index contributed by atoms with van der Waals surface area (Å²) in [6, 6.07) is 0. The Morgan fingerprint density at radius 3 is 2.46 bits per heavy atom. The second-order valence-corrected chi connectivity index (χ2v) is 7.54. The van der Waals surface area contributed by atoms with Gasteiger partial charge in [0.25, 0.3) is 5.91 Å². The number of carbonyl (C=O) groups is 2. The van der Waals surface area contributed by atoms with Crippen LogP contribution in [0.4, 0.5) is 0 Å². The Kier molecular flexibility index (Phi) is 5.23. The van der Waals surface area contributed by atoms with Crippen LogP contribution in [0.2, 0.25) is 0 Å². The van der Waals surface area contributed by atoms with E-state index in [1.165, 1.54) is 6.92 Å². The Balaban J connectivity index is 1.71. The first-order valence-corrected chi connectivity index (χ1v) is 9.21. The quantitative estimate of drug-likeness (QED) is 0.681. The smallest absolute Gasteiger partial charge is 0.255 e. The third-order valence-electron chi connectivity index (χ3n) is 6.14. The Morgan fingerprint density at radius 1 is 1.31 bits per heavy atom. The number of aromatic amines is 1. The van der Waals surface area contributed by atoms with E-state index in [0.717, 1.165) is 0 Å². The molecular formula is C19H28N2O5. The van der Waals surface area contributed by atoms with Crippen LogP contribution >= 0.6 is 0 Å². The number of ether oxygens (including phenoxy) is 1. The zero-order valence-corrected chi connectivity index (χ0v) is 15.7. The SMILES string of the molecule is CC(=O)c1[nH]c(C)c(C(=O)N2CCC3(CC2)[C@@H](O)C[C@H]3OCCO)c1C. The number of ketones is 1. The number of rotatable bonds is 5. The molecule has 1 saturated heterocycles. The van der Waals surface area contributed by atoms with Crippen molar-refractivity contribution in [1.82, 2.24) is 9.88 Å². The lowest BCUT2D eigenvalue weighted by Gasteiger charge is -2.56. The molecule has 144 valence electrons. The van der Waals surface area contributed by atoms with Gasteiger partial charge in [0.15, 0.2) is 5.78 Å². The maximum atomic E-state index is 13.0. The summed E-state index contributed by atoms with van der Waals surface area (Å²) >= 11 is 0. The Hall–Kier alpha value is -1.70. The lowest BCUT2D eigenvalue weighted by molar-refractivity contribution is -0.211. The van der Waals surface area contributed by atoms with Crippen molar-refractivity contribution in [3.05, 3.63) is 22.5 Å². The normalized spacial score (nSPS) is 24.6. The average Bonchev–Trinajstić information content (AvgIpc) is 2.92. The minimum absolute atomic E-state index is 0.0299. The molecule has 2 aliphatic rings. The first-order chi connectivity index (χ1) is 12.3. The first-order valence-electron chi connectivity index (χ1n) is 9.21. The molecule has 1 aromatic rings. The van der Waals surface area contributed by atoms with Crippen LogP contribution in [0.15, 0.2) is 0 Å². The molecule has 0 radical (unpaired) electrons. The number of aromatic nitrogens is 1. The van der Waals surface area contributed by atoms with Gasteiger partial charge in [-0.3, -0.25) is 9.59 Å². The van der Waals surface area contributed by atoms with Gasteiger partial charge in [-0.15, -0.1) is 0 Å². The number of nitrogens with one attached hydrogen (secondary N) is 1. The molecule has 2 atom stereocenters. The van der Waals surface area contributed by atoms with Crippen LogP contribution in [0.3, 0.4) is 0 Å². The number of hydrogen-bond donors (Lipinski definition) is 3. The number of H-pyrrole nitrogens is 1. The molecule has 3 N–H and O–H groups in total. The van der Waals surface area contributed by atoms with Gasteiger partial charge in [0.2, 0.25) is 0 Å². The zero-order chi connectivity index (χ0) is 19.1. The average molecular weight is 364 g/mol. The van der Waals surface area contributed by atoms with Crippen LogP contribution in [-0.2, 0) is 4.74 Å². The lowest BCUT2D eigenvalue weighted by atomic mass is 9.58. The number of likely N-dealkylation sites (tertiary alicyclic amines) is 1. The van der Waals surface area contributed by atoms with Gasteiger partial charge in [-0.1, -0.05) is 0 Å². The van der Waals surface area contributed by atoms with Crippen molar-refractivity contribution in [3.8, 4) is 0 Å². The van der Waals surface area contributed by atoms with E-state index < -0.39 is 6.10 Å². The van der Waals surface area contributed by atoms with E-state index in [1.807, 2.05) is 6.92 Å². The van der Waals surface area contributed by atoms with E-state index in [0.29, 0.717) is 54.9 Å². The number of piperidine rings is 1. The van der Waals surface area contributed by atoms with Gasteiger partial charge < -0.3 is 24.8 Å². The van der Waals surface area contributed by atoms with Crippen LogP contribution < -0.4 is 0 Å². The second-order valence-electron chi connectivity index (χ2n) is 7.54. The van der Waals surface area contributed by atoms with Crippen molar-refractivity contribution in [1.29, 1.82) is 0 Å². The van der Waals surface area contributed by atoms with Crippen molar-refractivity contribution in [3.63, 3.8) is 0 Å². The van der Waals surface area contributed by atoms with Gasteiger partial charge in [0, 0.05) is 37.5 Å². The van der Waals surface area contributed by atoms with Gasteiger partial charge >= 0.3 is 0 Å². The summed E-state index contributed by atoms with van der Waals surface area (Å²) in [6.45, 7) is 6.44. The summed E-state index contributed by atoms with van der Waals surface area (Å²) in [6.07, 6.45) is 1.48. The lowest BCUT2D eigenvalue weighted by Crippen LogP contribution is -2.62. The van der Waals surface area contributed by atoms with E-state index in [-0.39, 0.29) is 36.4 Å². The number of amides is 1. The molecule has 1 amide bonds. The Morgan fingerprint density at radius 2 is 1.96 bits per heavy atom. The first kappa shape index (κ1) is 19.1. The summed E-state index contributed by atoms with van der Waals surface area (Å²) in [7, 11) is 0. The number of aryl methyl sites for hydroxylation is 1. The maximum Gasteiger partial charge on any atom is 0.255 e. The Labute approximate surface area is 153 Å². The highest BCUT2D eigenvalue weighted by atomic mass is 16.5. The summed E-state index contributed by atoms with van der Waals surface area (Å²) in [5.74, 6) is -0.149. The van der Waals surface area contributed by atoms with E-state index in [9.17, 15) is 14.7 Å². The molecule has 2 heterocycles. The molecule has 7 nitrogen and oxygen atoms in total.